The molecule has 0 spiro atoms. The number of sulfonamides is 1. The molecule has 0 unspecified atom stereocenters. The van der Waals surface area contributed by atoms with Crippen molar-refractivity contribution in [3.05, 3.63) is 30.1 Å². The molecule has 0 amide bonds. The Kier molecular flexibility index (Phi) is 5.25. The lowest BCUT2D eigenvalue weighted by atomic mass is 9.96. The van der Waals surface area contributed by atoms with Gasteiger partial charge in [-0.05, 0) is 24.1 Å². The molecule has 5 nitrogen and oxygen atoms in total. The number of nitrogens with zero attached hydrogens (tertiary/aromatic N) is 1. The third-order valence-corrected chi connectivity index (χ3v) is 3.93. The zero-order chi connectivity index (χ0) is 13.6. The second kappa shape index (κ2) is 6.26. The van der Waals surface area contributed by atoms with Crippen LogP contribution >= 0.6 is 0 Å². The van der Waals surface area contributed by atoms with Gasteiger partial charge in [0, 0.05) is 31.0 Å². The Bertz CT molecular complexity index is 457. The summed E-state index contributed by atoms with van der Waals surface area (Å²) in [6, 6.07) is 3.60. The largest absolute Gasteiger partial charge is 0.396 e. The molecule has 1 aromatic rings. The fraction of sp³-hybridized carbons (Fsp3) is 0.583. The van der Waals surface area contributed by atoms with Crippen LogP contribution < -0.4 is 4.72 Å². The van der Waals surface area contributed by atoms with Gasteiger partial charge in [0.2, 0.25) is 10.0 Å². The summed E-state index contributed by atoms with van der Waals surface area (Å²) in [6.45, 7) is 3.79. The lowest BCUT2D eigenvalue weighted by molar-refractivity contribution is 0.163. The molecule has 6 heteroatoms. The first-order chi connectivity index (χ1) is 8.35. The van der Waals surface area contributed by atoms with Gasteiger partial charge in [-0.15, -0.1) is 0 Å². The summed E-state index contributed by atoms with van der Waals surface area (Å²) in [5.74, 6) is 0.0402. The Morgan fingerprint density at radius 1 is 1.33 bits per heavy atom. The van der Waals surface area contributed by atoms with Gasteiger partial charge < -0.3 is 5.11 Å². The van der Waals surface area contributed by atoms with Crippen molar-refractivity contribution >= 4 is 10.0 Å². The average Bonchev–Trinajstić information content (AvgIpc) is 2.36. The van der Waals surface area contributed by atoms with E-state index in [-0.39, 0.29) is 18.9 Å². The van der Waals surface area contributed by atoms with Gasteiger partial charge in [-0.3, -0.25) is 4.98 Å². The molecular formula is C12H20N2O3S. The standard InChI is InChI=1S/C12H20N2O3S/c1-12(2,10-15)9-14-18(16,17)8-5-11-3-6-13-7-4-11/h3-4,6-7,14-15H,5,8-10H2,1-2H3. The molecule has 1 heterocycles. The van der Waals surface area contributed by atoms with Crippen LogP contribution in [0.25, 0.3) is 0 Å². The lowest BCUT2D eigenvalue weighted by Crippen LogP contribution is -2.37. The normalized spacial score (nSPS) is 12.6. The van der Waals surface area contributed by atoms with Crippen LogP contribution in [0.15, 0.2) is 24.5 Å². The van der Waals surface area contributed by atoms with E-state index in [1.54, 1.807) is 38.4 Å². The number of pyridine rings is 1. The van der Waals surface area contributed by atoms with E-state index in [0.29, 0.717) is 6.42 Å². The van der Waals surface area contributed by atoms with E-state index in [1.165, 1.54) is 0 Å². The van der Waals surface area contributed by atoms with E-state index in [0.717, 1.165) is 5.56 Å². The molecule has 2 N–H and O–H groups in total. The Morgan fingerprint density at radius 3 is 2.50 bits per heavy atom. The van der Waals surface area contributed by atoms with Crippen molar-refractivity contribution < 1.29 is 13.5 Å². The van der Waals surface area contributed by atoms with E-state index >= 15 is 0 Å². The fourth-order valence-electron chi connectivity index (χ4n) is 1.24. The second-order valence-electron chi connectivity index (χ2n) is 5.07. The molecule has 0 radical (unpaired) electrons. The van der Waals surface area contributed by atoms with Gasteiger partial charge in [0.05, 0.1) is 5.75 Å². The third-order valence-electron chi connectivity index (χ3n) is 2.61. The monoisotopic (exact) mass is 272 g/mol. The van der Waals surface area contributed by atoms with Gasteiger partial charge in [-0.1, -0.05) is 13.8 Å². The highest BCUT2D eigenvalue weighted by molar-refractivity contribution is 7.89. The molecule has 0 aliphatic heterocycles. The minimum atomic E-state index is -3.30. The summed E-state index contributed by atoms with van der Waals surface area (Å²) < 4.78 is 26.0. The molecule has 0 saturated carbocycles. The van der Waals surface area contributed by atoms with Crippen LogP contribution in [0.5, 0.6) is 0 Å². The van der Waals surface area contributed by atoms with E-state index in [2.05, 4.69) is 9.71 Å². The molecule has 0 aliphatic rings. The van der Waals surface area contributed by atoms with Crippen LogP contribution in [0.3, 0.4) is 0 Å². The van der Waals surface area contributed by atoms with Gasteiger partial charge in [0.15, 0.2) is 0 Å². The highest BCUT2D eigenvalue weighted by atomic mass is 32.2. The van der Waals surface area contributed by atoms with Crippen molar-refractivity contribution in [2.75, 3.05) is 18.9 Å². The molecule has 0 atom stereocenters. The molecule has 0 fully saturated rings. The van der Waals surface area contributed by atoms with Crippen molar-refractivity contribution in [2.45, 2.75) is 20.3 Å². The summed E-state index contributed by atoms with van der Waals surface area (Å²) in [4.78, 5) is 3.88. The zero-order valence-corrected chi connectivity index (χ0v) is 11.6. The Balaban J connectivity index is 2.46. The maximum Gasteiger partial charge on any atom is 0.211 e. The highest BCUT2D eigenvalue weighted by Gasteiger charge is 2.20. The maximum atomic E-state index is 11.8. The maximum absolute atomic E-state index is 11.8. The van der Waals surface area contributed by atoms with Crippen LogP contribution in [0.1, 0.15) is 19.4 Å². The number of rotatable bonds is 7. The molecular weight excluding hydrogens is 252 g/mol. The summed E-state index contributed by atoms with van der Waals surface area (Å²) in [5.41, 5.74) is 0.501. The first kappa shape index (κ1) is 15.1. The van der Waals surface area contributed by atoms with Gasteiger partial charge >= 0.3 is 0 Å². The van der Waals surface area contributed by atoms with Gasteiger partial charge in [0.1, 0.15) is 0 Å². The second-order valence-corrected chi connectivity index (χ2v) is 6.99. The van der Waals surface area contributed by atoms with Crippen LogP contribution in [-0.2, 0) is 16.4 Å². The number of aliphatic hydroxyl groups excluding tert-OH is 1. The zero-order valence-electron chi connectivity index (χ0n) is 10.8. The first-order valence-electron chi connectivity index (χ1n) is 5.82. The van der Waals surface area contributed by atoms with E-state index in [1.807, 2.05) is 0 Å². The van der Waals surface area contributed by atoms with Gasteiger partial charge in [-0.2, -0.15) is 0 Å². The minimum absolute atomic E-state index is 0.0402. The quantitative estimate of drug-likeness (QED) is 0.760. The van der Waals surface area contributed by atoms with Gasteiger partial charge in [0.25, 0.3) is 0 Å². The number of hydrogen-bond donors (Lipinski definition) is 2. The lowest BCUT2D eigenvalue weighted by Gasteiger charge is -2.21. The van der Waals surface area contributed by atoms with Crippen molar-refractivity contribution in [1.82, 2.24) is 9.71 Å². The predicted octanol–water partition coefficient (Wildman–Crippen LogP) is 0.562. The van der Waals surface area contributed by atoms with Gasteiger partial charge in [-0.25, -0.2) is 13.1 Å². The van der Waals surface area contributed by atoms with Crippen molar-refractivity contribution in [2.24, 2.45) is 5.41 Å². The fourth-order valence-corrected chi connectivity index (χ4v) is 2.49. The van der Waals surface area contributed by atoms with Crippen molar-refractivity contribution in [1.29, 1.82) is 0 Å². The smallest absolute Gasteiger partial charge is 0.211 e. The molecule has 0 saturated heterocycles. The highest BCUT2D eigenvalue weighted by Crippen LogP contribution is 2.12. The molecule has 0 bridgehead atoms. The van der Waals surface area contributed by atoms with Crippen LogP contribution in [0, 0.1) is 5.41 Å². The van der Waals surface area contributed by atoms with E-state index in [9.17, 15) is 8.42 Å². The number of aliphatic hydroxyl groups is 1. The molecule has 18 heavy (non-hydrogen) atoms. The molecule has 1 aromatic heterocycles. The summed E-state index contributed by atoms with van der Waals surface area (Å²) in [6.07, 6.45) is 3.74. The van der Waals surface area contributed by atoms with E-state index < -0.39 is 15.4 Å². The number of aromatic nitrogens is 1. The first-order valence-corrected chi connectivity index (χ1v) is 7.47. The third kappa shape index (κ3) is 5.57. The molecule has 0 aromatic carbocycles. The molecule has 102 valence electrons. The number of nitrogens with one attached hydrogen (secondary N) is 1. The van der Waals surface area contributed by atoms with Crippen LogP contribution in [-0.4, -0.2) is 37.4 Å². The number of aryl methyl sites for hydroxylation is 1. The Morgan fingerprint density at radius 2 is 1.94 bits per heavy atom. The van der Waals surface area contributed by atoms with Crippen LogP contribution in [0.4, 0.5) is 0 Å². The number of hydrogen-bond acceptors (Lipinski definition) is 4. The average molecular weight is 272 g/mol. The Labute approximate surface area is 108 Å². The predicted molar refractivity (Wildman–Crippen MR) is 70.6 cm³/mol. The van der Waals surface area contributed by atoms with Crippen LogP contribution in [0.2, 0.25) is 0 Å². The Hall–Kier alpha value is -0.980. The van der Waals surface area contributed by atoms with E-state index in [4.69, 9.17) is 5.11 Å². The SMILES string of the molecule is CC(C)(CO)CNS(=O)(=O)CCc1ccncc1. The summed E-state index contributed by atoms with van der Waals surface area (Å²) in [7, 11) is -3.30. The van der Waals surface area contributed by atoms with Crippen molar-refractivity contribution in [3.8, 4) is 0 Å². The van der Waals surface area contributed by atoms with Crippen molar-refractivity contribution in [3.63, 3.8) is 0 Å². The summed E-state index contributed by atoms with van der Waals surface area (Å²) in [5, 5.41) is 9.06. The molecule has 1 rings (SSSR count). The molecule has 0 aliphatic carbocycles. The summed E-state index contributed by atoms with van der Waals surface area (Å²) >= 11 is 0. The topological polar surface area (TPSA) is 79.3 Å². The minimum Gasteiger partial charge on any atom is -0.396 e.